The van der Waals surface area contributed by atoms with Gasteiger partial charge in [0.1, 0.15) is 0 Å². The van der Waals surface area contributed by atoms with Gasteiger partial charge in [-0.2, -0.15) is 5.10 Å². The van der Waals surface area contributed by atoms with E-state index in [2.05, 4.69) is 14.9 Å². The van der Waals surface area contributed by atoms with E-state index in [1.54, 1.807) is 18.3 Å². The number of nitrogens with one attached hydrogen (secondary N) is 2. The number of aromatic nitrogens is 2. The highest BCUT2D eigenvalue weighted by atomic mass is 35.5. The van der Waals surface area contributed by atoms with Gasteiger partial charge >= 0.3 is 0 Å². The van der Waals surface area contributed by atoms with Gasteiger partial charge in [0.25, 0.3) is 0 Å². The van der Waals surface area contributed by atoms with E-state index in [1.807, 2.05) is 0 Å². The monoisotopic (exact) mass is 341 g/mol. The van der Waals surface area contributed by atoms with E-state index >= 15 is 0 Å². The lowest BCUT2D eigenvalue weighted by Crippen LogP contribution is -2.32. The summed E-state index contributed by atoms with van der Waals surface area (Å²) in [4.78, 5) is 0. The van der Waals surface area contributed by atoms with Gasteiger partial charge in [-0.3, -0.25) is 5.10 Å². The summed E-state index contributed by atoms with van der Waals surface area (Å²) in [5, 5.41) is 19.3. The molecule has 1 aromatic heterocycles. The zero-order chi connectivity index (χ0) is 15.7. The second-order valence-corrected chi connectivity index (χ2v) is 8.68. The van der Waals surface area contributed by atoms with Crippen molar-refractivity contribution in [3.63, 3.8) is 0 Å². The molecule has 2 aromatic rings. The van der Waals surface area contributed by atoms with Crippen molar-refractivity contribution in [3.8, 4) is 0 Å². The zero-order valence-electron chi connectivity index (χ0n) is 11.9. The number of hydrogen-bond acceptors (Lipinski definition) is 4. The van der Waals surface area contributed by atoms with Gasteiger partial charge in [-0.1, -0.05) is 11.6 Å². The van der Waals surface area contributed by atoms with E-state index < -0.39 is 15.6 Å². The van der Waals surface area contributed by atoms with E-state index in [-0.39, 0.29) is 17.9 Å². The van der Waals surface area contributed by atoms with Crippen molar-refractivity contribution in [2.75, 3.05) is 6.26 Å². The van der Waals surface area contributed by atoms with Crippen LogP contribution in [-0.4, -0.2) is 36.0 Å². The second kappa shape index (κ2) is 4.44. The van der Waals surface area contributed by atoms with Gasteiger partial charge < -0.3 is 5.11 Å². The summed E-state index contributed by atoms with van der Waals surface area (Å²) in [6.07, 6.45) is 3.92. The van der Waals surface area contributed by atoms with Crippen LogP contribution < -0.4 is 4.72 Å². The highest BCUT2D eigenvalue weighted by Gasteiger charge is 2.62. The molecule has 2 aliphatic rings. The number of fused-ring (bicyclic) bond motifs is 2. The predicted octanol–water partition coefficient (Wildman–Crippen LogP) is 1.36. The molecule has 6 nitrogen and oxygen atoms in total. The molecule has 0 amide bonds. The molecule has 8 heteroatoms. The molecule has 0 aliphatic heterocycles. The van der Waals surface area contributed by atoms with E-state index in [4.69, 9.17) is 11.6 Å². The maximum absolute atomic E-state index is 11.3. The molecule has 4 rings (SSSR count). The molecule has 2 fully saturated rings. The minimum absolute atomic E-state index is 0.0469. The molecular weight excluding hydrogens is 326 g/mol. The predicted molar refractivity (Wildman–Crippen MR) is 83.0 cm³/mol. The van der Waals surface area contributed by atoms with Crippen LogP contribution in [0.4, 0.5) is 0 Å². The van der Waals surface area contributed by atoms with Crippen molar-refractivity contribution in [3.05, 3.63) is 28.9 Å². The Morgan fingerprint density at radius 1 is 1.41 bits per heavy atom. The maximum Gasteiger partial charge on any atom is 0.208 e. The van der Waals surface area contributed by atoms with E-state index in [0.717, 1.165) is 16.5 Å². The summed E-state index contributed by atoms with van der Waals surface area (Å²) < 4.78 is 25.3. The number of H-pyrrole nitrogens is 1. The first-order chi connectivity index (χ1) is 10.3. The SMILES string of the molecule is CS(=O)(=O)N[C@H]1[C@@H]2C[C@@](O)(c3cc(Cl)cc4[nH]ncc34)C[C@@H]21. The summed E-state index contributed by atoms with van der Waals surface area (Å²) in [6, 6.07) is 3.51. The number of rotatable bonds is 3. The third-order valence-corrected chi connectivity index (χ3v) is 5.77. The highest BCUT2D eigenvalue weighted by molar-refractivity contribution is 7.88. The topological polar surface area (TPSA) is 95.1 Å². The minimum atomic E-state index is -3.21. The summed E-state index contributed by atoms with van der Waals surface area (Å²) in [5.41, 5.74) is 0.592. The van der Waals surface area contributed by atoms with Gasteiger partial charge in [-0.15, -0.1) is 0 Å². The van der Waals surface area contributed by atoms with Crippen molar-refractivity contribution in [2.45, 2.75) is 24.5 Å². The van der Waals surface area contributed by atoms with Crippen LogP contribution in [0, 0.1) is 11.8 Å². The first-order valence-electron chi connectivity index (χ1n) is 7.10. The highest BCUT2D eigenvalue weighted by Crippen LogP contribution is 2.60. The normalized spacial score (nSPS) is 34.0. The molecule has 0 radical (unpaired) electrons. The molecule has 3 N–H and O–H groups in total. The molecule has 1 heterocycles. The van der Waals surface area contributed by atoms with Gasteiger partial charge in [0, 0.05) is 16.5 Å². The van der Waals surface area contributed by atoms with Crippen LogP contribution in [0.5, 0.6) is 0 Å². The molecule has 2 saturated carbocycles. The van der Waals surface area contributed by atoms with Crippen LogP contribution in [0.2, 0.25) is 5.02 Å². The summed E-state index contributed by atoms with van der Waals surface area (Å²) >= 11 is 6.13. The van der Waals surface area contributed by atoms with Crippen molar-refractivity contribution < 1.29 is 13.5 Å². The van der Waals surface area contributed by atoms with Gasteiger partial charge in [0.05, 0.1) is 23.6 Å². The van der Waals surface area contributed by atoms with Crippen LogP contribution in [0.3, 0.4) is 0 Å². The molecule has 4 atom stereocenters. The van der Waals surface area contributed by atoms with Crippen LogP contribution in [-0.2, 0) is 15.6 Å². The van der Waals surface area contributed by atoms with Crippen molar-refractivity contribution in [1.29, 1.82) is 0 Å². The van der Waals surface area contributed by atoms with Crippen LogP contribution in [0.25, 0.3) is 10.9 Å². The average Bonchev–Trinajstić information content (AvgIpc) is 2.83. The first kappa shape index (κ1) is 14.4. The standard InChI is InChI=1S/C14H16ClN3O3S/c1-22(20,21)18-13-8-4-14(19,5-9(8)13)11-2-7(15)3-12-10(11)6-16-17-12/h2-3,6,8-9,13,18-19H,4-5H2,1H3,(H,16,17)/t8-,9+,13+,14+. The lowest BCUT2D eigenvalue weighted by molar-refractivity contribution is 0.0303. The molecule has 1 aromatic carbocycles. The third-order valence-electron chi connectivity index (χ3n) is 4.85. The number of sulfonamides is 1. The Labute approximate surface area is 132 Å². The van der Waals surface area contributed by atoms with Gasteiger partial charge in [0.15, 0.2) is 0 Å². The quantitative estimate of drug-likeness (QED) is 0.785. The van der Waals surface area contributed by atoms with Gasteiger partial charge in [0.2, 0.25) is 10.0 Å². The molecule has 0 spiro atoms. The number of benzene rings is 1. The van der Waals surface area contributed by atoms with Gasteiger partial charge in [-0.05, 0) is 42.4 Å². The van der Waals surface area contributed by atoms with E-state index in [1.165, 1.54) is 6.26 Å². The number of nitrogens with zero attached hydrogens (tertiary/aromatic N) is 1. The number of aliphatic hydroxyl groups is 1. The van der Waals surface area contributed by atoms with Crippen LogP contribution in [0.15, 0.2) is 18.3 Å². The van der Waals surface area contributed by atoms with Crippen molar-refractivity contribution in [1.82, 2.24) is 14.9 Å². The Hall–Kier alpha value is -1.15. The van der Waals surface area contributed by atoms with Gasteiger partial charge in [-0.25, -0.2) is 13.1 Å². The van der Waals surface area contributed by atoms with Crippen LogP contribution in [0.1, 0.15) is 18.4 Å². The Morgan fingerprint density at radius 2 is 2.09 bits per heavy atom. The van der Waals surface area contributed by atoms with E-state index in [9.17, 15) is 13.5 Å². The molecule has 2 aliphatic carbocycles. The lowest BCUT2D eigenvalue weighted by Gasteiger charge is -2.27. The molecule has 118 valence electrons. The van der Waals surface area contributed by atoms with Crippen molar-refractivity contribution in [2.24, 2.45) is 11.8 Å². The molecule has 0 unspecified atom stereocenters. The average molecular weight is 342 g/mol. The summed E-state index contributed by atoms with van der Waals surface area (Å²) in [5.74, 6) is 0.362. The number of halogens is 1. The Bertz CT molecular complexity index is 851. The molecule has 0 bridgehead atoms. The number of hydrogen-bond donors (Lipinski definition) is 3. The van der Waals surface area contributed by atoms with E-state index in [0.29, 0.717) is 17.9 Å². The molecular formula is C14H16ClN3O3S. The van der Waals surface area contributed by atoms with Crippen LogP contribution >= 0.6 is 11.6 Å². The minimum Gasteiger partial charge on any atom is -0.385 e. The lowest BCUT2D eigenvalue weighted by atomic mass is 9.86. The summed E-state index contributed by atoms with van der Waals surface area (Å²) in [7, 11) is -3.21. The Balaban J connectivity index is 1.64. The largest absolute Gasteiger partial charge is 0.385 e. The van der Waals surface area contributed by atoms with Crippen molar-refractivity contribution >= 4 is 32.5 Å². The summed E-state index contributed by atoms with van der Waals surface area (Å²) in [6.45, 7) is 0. The Kier molecular flexibility index (Phi) is 2.92. The fourth-order valence-corrected chi connectivity index (χ4v) is 4.97. The number of aromatic amines is 1. The molecule has 22 heavy (non-hydrogen) atoms. The third kappa shape index (κ3) is 2.23. The smallest absolute Gasteiger partial charge is 0.208 e. The first-order valence-corrected chi connectivity index (χ1v) is 9.37. The fourth-order valence-electron chi connectivity index (χ4n) is 3.91. The second-order valence-electron chi connectivity index (χ2n) is 6.47. The fraction of sp³-hybridized carbons (Fsp3) is 0.500. The maximum atomic E-state index is 11.3. The Morgan fingerprint density at radius 3 is 2.73 bits per heavy atom. The molecule has 0 saturated heterocycles. The zero-order valence-corrected chi connectivity index (χ0v) is 13.4.